The molecule has 0 fully saturated rings. The molecule has 0 amide bonds. The maximum atomic E-state index is 4.61. The lowest BCUT2D eigenvalue weighted by Gasteiger charge is -2.29. The summed E-state index contributed by atoms with van der Waals surface area (Å²) in [4.78, 5) is 1.55. The second-order valence-electron chi connectivity index (χ2n) is 6.49. The molecule has 2 unspecified atom stereocenters. The molecular formula is C16H22N4S. The molecule has 5 heteroatoms. The molecule has 1 N–H and O–H groups in total. The molecule has 2 aromatic heterocycles. The first-order valence-electron chi connectivity index (χ1n) is 7.98. The Morgan fingerprint density at radius 2 is 2.19 bits per heavy atom. The minimum absolute atomic E-state index is 0.338. The third-order valence-electron chi connectivity index (χ3n) is 4.82. The van der Waals surface area contributed by atoms with E-state index in [2.05, 4.69) is 45.4 Å². The van der Waals surface area contributed by atoms with Crippen molar-refractivity contribution < 1.29 is 0 Å². The Balaban J connectivity index is 1.75. The third kappa shape index (κ3) is 2.14. The number of hydrogen-bond acceptors (Lipinski definition) is 4. The van der Waals surface area contributed by atoms with E-state index in [0.717, 1.165) is 18.9 Å². The zero-order chi connectivity index (χ0) is 14.4. The predicted molar refractivity (Wildman–Crippen MR) is 84.7 cm³/mol. The van der Waals surface area contributed by atoms with Crippen LogP contribution in [0.25, 0.3) is 0 Å². The van der Waals surface area contributed by atoms with Crippen LogP contribution in [0.15, 0.2) is 11.4 Å². The van der Waals surface area contributed by atoms with Crippen molar-refractivity contribution in [2.45, 2.75) is 51.6 Å². The molecule has 21 heavy (non-hydrogen) atoms. The molecule has 0 saturated carbocycles. The first-order valence-corrected chi connectivity index (χ1v) is 8.86. The summed E-state index contributed by atoms with van der Waals surface area (Å²) < 4.78 is 2.39. The first-order chi connectivity index (χ1) is 10.3. The molecule has 0 aromatic carbocycles. The summed E-state index contributed by atoms with van der Waals surface area (Å²) in [7, 11) is 0. The van der Waals surface area contributed by atoms with Crippen LogP contribution in [-0.2, 0) is 13.0 Å². The Hall–Kier alpha value is -1.20. The van der Waals surface area contributed by atoms with Crippen LogP contribution in [0.5, 0.6) is 0 Å². The van der Waals surface area contributed by atoms with Gasteiger partial charge in [-0.05, 0) is 42.2 Å². The molecule has 3 heterocycles. The van der Waals surface area contributed by atoms with Gasteiger partial charge in [-0.15, -0.1) is 21.5 Å². The van der Waals surface area contributed by atoms with Gasteiger partial charge in [0.15, 0.2) is 5.82 Å². The molecule has 1 aliphatic carbocycles. The van der Waals surface area contributed by atoms with Crippen molar-refractivity contribution in [1.82, 2.24) is 20.1 Å². The molecular weight excluding hydrogens is 280 g/mol. The number of nitrogens with zero attached hydrogens (tertiary/aromatic N) is 3. The van der Waals surface area contributed by atoms with Gasteiger partial charge in [-0.2, -0.15) is 0 Å². The van der Waals surface area contributed by atoms with E-state index in [1.54, 1.807) is 4.88 Å². The van der Waals surface area contributed by atoms with Crippen LogP contribution < -0.4 is 5.32 Å². The van der Waals surface area contributed by atoms with E-state index in [1.807, 2.05) is 11.3 Å². The van der Waals surface area contributed by atoms with Gasteiger partial charge in [-0.3, -0.25) is 0 Å². The van der Waals surface area contributed by atoms with Gasteiger partial charge in [-0.1, -0.05) is 13.8 Å². The van der Waals surface area contributed by atoms with Crippen LogP contribution >= 0.6 is 11.3 Å². The van der Waals surface area contributed by atoms with E-state index in [-0.39, 0.29) is 0 Å². The van der Waals surface area contributed by atoms with Crippen LogP contribution in [0.2, 0.25) is 0 Å². The fourth-order valence-electron chi connectivity index (χ4n) is 3.76. The molecule has 2 aliphatic rings. The fraction of sp³-hybridized carbons (Fsp3) is 0.625. The van der Waals surface area contributed by atoms with Gasteiger partial charge in [0.2, 0.25) is 0 Å². The van der Waals surface area contributed by atoms with E-state index in [0.29, 0.717) is 17.9 Å². The highest BCUT2D eigenvalue weighted by atomic mass is 32.1. The molecule has 4 nitrogen and oxygen atoms in total. The van der Waals surface area contributed by atoms with Gasteiger partial charge in [0.25, 0.3) is 0 Å². The van der Waals surface area contributed by atoms with E-state index >= 15 is 0 Å². The summed E-state index contributed by atoms with van der Waals surface area (Å²) in [5, 5.41) is 15.0. The van der Waals surface area contributed by atoms with Gasteiger partial charge >= 0.3 is 0 Å². The van der Waals surface area contributed by atoms with E-state index in [4.69, 9.17) is 0 Å². The zero-order valence-corrected chi connectivity index (χ0v) is 13.5. The lowest BCUT2D eigenvalue weighted by molar-refractivity contribution is 0.333. The summed E-state index contributed by atoms with van der Waals surface area (Å²) in [5.74, 6) is 3.32. The second kappa shape index (κ2) is 5.21. The molecule has 2 atom stereocenters. The number of thiophene rings is 1. The minimum atomic E-state index is 0.338. The molecule has 4 rings (SSSR count). The Labute approximate surface area is 129 Å². The van der Waals surface area contributed by atoms with Gasteiger partial charge in [-0.25, -0.2) is 0 Å². The normalized spacial score (nSPS) is 24.9. The molecule has 1 aliphatic heterocycles. The second-order valence-corrected chi connectivity index (χ2v) is 7.49. The number of aryl methyl sites for hydroxylation is 1. The van der Waals surface area contributed by atoms with Gasteiger partial charge < -0.3 is 9.88 Å². The quantitative estimate of drug-likeness (QED) is 0.927. The average molecular weight is 302 g/mol. The highest BCUT2D eigenvalue weighted by molar-refractivity contribution is 7.10. The average Bonchev–Trinajstić information content (AvgIpc) is 3.12. The number of hydrogen-bond donors (Lipinski definition) is 1. The summed E-state index contributed by atoms with van der Waals surface area (Å²) >= 11 is 1.90. The number of nitrogens with one attached hydrogen (secondary N) is 1. The maximum Gasteiger partial charge on any atom is 0.150 e. The molecule has 0 saturated heterocycles. The highest BCUT2D eigenvalue weighted by Gasteiger charge is 2.32. The Kier molecular flexibility index (Phi) is 3.34. The third-order valence-corrected chi connectivity index (χ3v) is 5.81. The number of aromatic nitrogens is 3. The fourth-order valence-corrected chi connectivity index (χ4v) is 4.74. The van der Waals surface area contributed by atoms with E-state index in [1.165, 1.54) is 30.7 Å². The maximum absolute atomic E-state index is 4.61. The smallest absolute Gasteiger partial charge is 0.150 e. The molecule has 0 radical (unpaired) electrons. The van der Waals surface area contributed by atoms with Gasteiger partial charge in [0.05, 0.1) is 6.04 Å². The van der Waals surface area contributed by atoms with E-state index in [9.17, 15) is 0 Å². The molecule has 0 bridgehead atoms. The summed E-state index contributed by atoms with van der Waals surface area (Å²) in [6.07, 6.45) is 3.72. The minimum Gasteiger partial charge on any atom is -0.312 e. The van der Waals surface area contributed by atoms with Crippen LogP contribution in [0.3, 0.4) is 0 Å². The number of rotatable bonds is 2. The summed E-state index contributed by atoms with van der Waals surface area (Å²) in [6.45, 7) is 6.51. The summed E-state index contributed by atoms with van der Waals surface area (Å²) in [6, 6.07) is 2.64. The predicted octanol–water partition coefficient (Wildman–Crippen LogP) is 3.11. The lowest BCUT2D eigenvalue weighted by Crippen LogP contribution is -2.37. The van der Waals surface area contributed by atoms with Crippen molar-refractivity contribution in [3.8, 4) is 0 Å². The Morgan fingerprint density at radius 3 is 3.05 bits per heavy atom. The highest BCUT2D eigenvalue weighted by Crippen LogP contribution is 2.39. The van der Waals surface area contributed by atoms with Crippen molar-refractivity contribution in [2.75, 3.05) is 6.54 Å². The van der Waals surface area contributed by atoms with Gasteiger partial charge in [0, 0.05) is 23.9 Å². The lowest BCUT2D eigenvalue weighted by atomic mass is 9.87. The largest absolute Gasteiger partial charge is 0.312 e. The van der Waals surface area contributed by atoms with Crippen LogP contribution in [0.1, 0.15) is 60.7 Å². The molecule has 0 spiro atoms. The number of fused-ring (bicyclic) bond motifs is 2. The van der Waals surface area contributed by atoms with Gasteiger partial charge in [0.1, 0.15) is 5.82 Å². The zero-order valence-electron chi connectivity index (χ0n) is 12.7. The monoisotopic (exact) mass is 302 g/mol. The Bertz CT molecular complexity index is 642. The molecule has 112 valence electrons. The standard InChI is InChI=1S/C16H22N4S/c1-10(2)14-16-19-18-15(20(16)8-7-17-14)12-4-3-5-13-11(12)6-9-21-13/h6,9-10,12,14,17H,3-5,7-8H2,1-2H3. The van der Waals surface area contributed by atoms with Crippen LogP contribution in [-0.4, -0.2) is 21.3 Å². The van der Waals surface area contributed by atoms with Crippen molar-refractivity contribution >= 4 is 11.3 Å². The molecule has 2 aromatic rings. The van der Waals surface area contributed by atoms with Crippen molar-refractivity contribution in [3.63, 3.8) is 0 Å². The topological polar surface area (TPSA) is 42.7 Å². The first kappa shape index (κ1) is 13.5. The van der Waals surface area contributed by atoms with E-state index < -0.39 is 0 Å². The SMILES string of the molecule is CC(C)C1NCCn2c(C3CCCc4sccc43)nnc21. The summed E-state index contributed by atoms with van der Waals surface area (Å²) in [5.41, 5.74) is 1.50. The Morgan fingerprint density at radius 1 is 1.33 bits per heavy atom. The van der Waals surface area contributed by atoms with Crippen molar-refractivity contribution in [3.05, 3.63) is 33.5 Å². The van der Waals surface area contributed by atoms with Crippen molar-refractivity contribution in [2.24, 2.45) is 5.92 Å². The van der Waals surface area contributed by atoms with Crippen LogP contribution in [0, 0.1) is 5.92 Å². The van der Waals surface area contributed by atoms with Crippen molar-refractivity contribution in [1.29, 1.82) is 0 Å². The van der Waals surface area contributed by atoms with Crippen LogP contribution in [0.4, 0.5) is 0 Å².